The van der Waals surface area contributed by atoms with Gasteiger partial charge in [0.05, 0.1) is 6.61 Å². The van der Waals surface area contributed by atoms with E-state index in [0.717, 1.165) is 50.5 Å². The summed E-state index contributed by atoms with van der Waals surface area (Å²) in [5, 5.41) is 0. The second kappa shape index (κ2) is 12.3. The number of halogens is 3. The minimum Gasteiger partial charge on any atom is -0.494 e. The van der Waals surface area contributed by atoms with Crippen molar-refractivity contribution < 1.29 is 22.6 Å². The van der Waals surface area contributed by atoms with Gasteiger partial charge in [-0.15, -0.1) is 0 Å². The van der Waals surface area contributed by atoms with E-state index in [1.54, 1.807) is 18.2 Å². The molecular weight excluding hydrogens is 425 g/mol. The van der Waals surface area contributed by atoms with E-state index in [1.165, 1.54) is 12.5 Å². The van der Waals surface area contributed by atoms with Crippen molar-refractivity contribution in [2.24, 2.45) is 0 Å². The lowest BCUT2D eigenvalue weighted by Crippen LogP contribution is -2.23. The number of rotatable bonds is 14. The van der Waals surface area contributed by atoms with Crippen LogP contribution in [0.5, 0.6) is 11.5 Å². The molecular formula is C28H37F3O2. The van der Waals surface area contributed by atoms with E-state index in [9.17, 15) is 4.39 Å². The molecule has 2 nitrogen and oxygen atoms in total. The van der Waals surface area contributed by atoms with Crippen molar-refractivity contribution in [1.82, 2.24) is 0 Å². The molecule has 1 atom stereocenters. The third-order valence-corrected chi connectivity index (χ3v) is 6.23. The summed E-state index contributed by atoms with van der Waals surface area (Å²) in [7, 11) is 0. The van der Waals surface area contributed by atoms with Crippen molar-refractivity contribution in [3.63, 3.8) is 0 Å². The van der Waals surface area contributed by atoms with Crippen molar-refractivity contribution in [3.05, 3.63) is 47.5 Å². The summed E-state index contributed by atoms with van der Waals surface area (Å²) in [6.07, 6.45) is 7.42. The van der Waals surface area contributed by atoms with Gasteiger partial charge in [0.25, 0.3) is 5.92 Å². The number of hydrogen-bond donors (Lipinski definition) is 0. The molecule has 0 saturated heterocycles. The first-order chi connectivity index (χ1) is 15.9. The molecule has 3 rings (SSSR count). The van der Waals surface area contributed by atoms with E-state index in [-0.39, 0.29) is 18.6 Å². The average molecular weight is 463 g/mol. The maximum Gasteiger partial charge on any atom is 0.277 e. The summed E-state index contributed by atoms with van der Waals surface area (Å²) >= 11 is 0. The highest BCUT2D eigenvalue weighted by Gasteiger charge is 2.39. The third-order valence-electron chi connectivity index (χ3n) is 6.23. The summed E-state index contributed by atoms with van der Waals surface area (Å²) in [5.74, 6) is -2.09. The van der Waals surface area contributed by atoms with Crippen LogP contribution in [0.4, 0.5) is 13.2 Å². The first kappa shape index (κ1) is 25.5. The van der Waals surface area contributed by atoms with Crippen LogP contribution >= 0.6 is 0 Å². The van der Waals surface area contributed by atoms with Gasteiger partial charge in [0, 0.05) is 12.0 Å². The van der Waals surface area contributed by atoms with Gasteiger partial charge in [-0.1, -0.05) is 70.9 Å². The Morgan fingerprint density at radius 3 is 2.21 bits per heavy atom. The molecule has 0 fully saturated rings. The molecule has 33 heavy (non-hydrogen) atoms. The highest BCUT2D eigenvalue weighted by Crippen LogP contribution is 2.47. The van der Waals surface area contributed by atoms with Crippen molar-refractivity contribution in [3.8, 4) is 22.6 Å². The first-order valence-electron chi connectivity index (χ1n) is 12.5. The first-order valence-corrected chi connectivity index (χ1v) is 12.5. The van der Waals surface area contributed by atoms with Gasteiger partial charge in [0.15, 0.2) is 0 Å². The lowest BCUT2D eigenvalue weighted by molar-refractivity contribution is -0.00510. The van der Waals surface area contributed by atoms with Gasteiger partial charge < -0.3 is 9.47 Å². The minimum absolute atomic E-state index is 0.0564. The summed E-state index contributed by atoms with van der Waals surface area (Å²) < 4.78 is 55.5. The van der Waals surface area contributed by atoms with Crippen LogP contribution in [-0.2, 0) is 12.3 Å². The molecule has 182 valence electrons. The van der Waals surface area contributed by atoms with E-state index in [2.05, 4.69) is 13.8 Å². The maximum atomic E-state index is 15.0. The molecule has 0 N–H and O–H groups in total. The van der Waals surface area contributed by atoms with Gasteiger partial charge in [-0.05, 0) is 53.8 Å². The molecule has 0 bridgehead atoms. The number of hydrogen-bond acceptors (Lipinski definition) is 2. The number of fused-ring (bicyclic) bond motifs is 3. The van der Waals surface area contributed by atoms with Crippen molar-refractivity contribution in [1.29, 1.82) is 0 Å². The topological polar surface area (TPSA) is 18.5 Å². The number of alkyl halides is 3. The zero-order valence-corrected chi connectivity index (χ0v) is 20.0. The average Bonchev–Trinajstić information content (AvgIpc) is 2.80. The Morgan fingerprint density at radius 2 is 1.48 bits per heavy atom. The van der Waals surface area contributed by atoms with Crippen molar-refractivity contribution in [2.45, 2.75) is 90.1 Å². The maximum absolute atomic E-state index is 15.0. The van der Waals surface area contributed by atoms with Gasteiger partial charge in [0.2, 0.25) is 0 Å². The SMILES string of the molecule is CCCCCCOc1ccc2c(c1)CC(F)(F)c1cc(OCC(F)CCCCCC)ccc1-2. The van der Waals surface area contributed by atoms with Crippen LogP contribution in [-0.4, -0.2) is 19.4 Å². The van der Waals surface area contributed by atoms with Crippen LogP contribution in [0.25, 0.3) is 11.1 Å². The quantitative estimate of drug-likeness (QED) is 0.262. The smallest absolute Gasteiger partial charge is 0.277 e. The second-order valence-electron chi connectivity index (χ2n) is 9.07. The van der Waals surface area contributed by atoms with Gasteiger partial charge >= 0.3 is 0 Å². The van der Waals surface area contributed by atoms with E-state index < -0.39 is 12.1 Å². The Labute approximate surface area is 196 Å². The fourth-order valence-electron chi connectivity index (χ4n) is 4.34. The molecule has 2 aromatic carbocycles. The largest absolute Gasteiger partial charge is 0.494 e. The molecule has 0 spiro atoms. The van der Waals surface area contributed by atoms with Crippen LogP contribution in [0.1, 0.15) is 82.8 Å². The van der Waals surface area contributed by atoms with E-state index in [1.807, 2.05) is 12.1 Å². The predicted molar refractivity (Wildman–Crippen MR) is 128 cm³/mol. The molecule has 0 heterocycles. The van der Waals surface area contributed by atoms with Crippen LogP contribution < -0.4 is 9.47 Å². The van der Waals surface area contributed by atoms with E-state index >= 15 is 8.78 Å². The third kappa shape index (κ3) is 7.15. The van der Waals surface area contributed by atoms with Crippen molar-refractivity contribution >= 4 is 0 Å². The lowest BCUT2D eigenvalue weighted by atomic mass is 9.83. The zero-order chi connectivity index (χ0) is 23.7. The van der Waals surface area contributed by atoms with Crippen molar-refractivity contribution in [2.75, 3.05) is 13.2 Å². The Bertz CT molecular complexity index is 881. The Hall–Kier alpha value is -2.17. The monoisotopic (exact) mass is 462 g/mol. The van der Waals surface area contributed by atoms with E-state index in [4.69, 9.17) is 9.47 Å². The highest BCUT2D eigenvalue weighted by molar-refractivity contribution is 5.75. The number of ether oxygens (including phenoxy) is 2. The molecule has 1 aliphatic rings. The molecule has 5 heteroatoms. The number of unbranched alkanes of at least 4 members (excludes halogenated alkanes) is 6. The Kier molecular flexibility index (Phi) is 9.52. The summed E-state index contributed by atoms with van der Waals surface area (Å²) in [4.78, 5) is 0. The van der Waals surface area contributed by atoms with Crippen LogP contribution in [0.2, 0.25) is 0 Å². The van der Waals surface area contributed by atoms with Crippen LogP contribution in [0, 0.1) is 0 Å². The molecule has 0 aromatic heterocycles. The molecule has 0 saturated carbocycles. The molecule has 0 aliphatic heterocycles. The molecule has 2 aromatic rings. The predicted octanol–water partition coefficient (Wildman–Crippen LogP) is 8.65. The number of benzene rings is 2. The normalized spacial score (nSPS) is 14.9. The minimum atomic E-state index is -3.02. The molecule has 1 aliphatic carbocycles. The summed E-state index contributed by atoms with van der Waals surface area (Å²) in [6.45, 7) is 4.76. The standard InChI is InChI=1S/C28H37F3O2/c1-3-5-7-9-11-22(29)20-33-24-13-15-26-25-14-12-23(32-16-10-8-6-4-2)17-21(25)19-28(30,31)27(26)18-24/h12-15,17-18,22H,3-11,16,19-20H2,1-2H3. The zero-order valence-electron chi connectivity index (χ0n) is 20.0. The lowest BCUT2D eigenvalue weighted by Gasteiger charge is -2.28. The molecule has 0 radical (unpaired) electrons. The van der Waals surface area contributed by atoms with Gasteiger partial charge in [-0.2, -0.15) is 0 Å². The van der Waals surface area contributed by atoms with E-state index in [0.29, 0.717) is 35.7 Å². The fraction of sp³-hybridized carbons (Fsp3) is 0.571. The van der Waals surface area contributed by atoms with Gasteiger partial charge in [-0.25, -0.2) is 13.2 Å². The Morgan fingerprint density at radius 1 is 0.818 bits per heavy atom. The molecule has 0 amide bonds. The second-order valence-corrected chi connectivity index (χ2v) is 9.07. The van der Waals surface area contributed by atoms with Gasteiger partial charge in [0.1, 0.15) is 24.3 Å². The fourth-order valence-corrected chi connectivity index (χ4v) is 4.34. The van der Waals surface area contributed by atoms with Crippen LogP contribution in [0.15, 0.2) is 36.4 Å². The Balaban J connectivity index is 1.65. The van der Waals surface area contributed by atoms with Crippen LogP contribution in [0.3, 0.4) is 0 Å². The highest BCUT2D eigenvalue weighted by atomic mass is 19.3. The molecule has 1 unspecified atom stereocenters. The summed E-state index contributed by atoms with van der Waals surface area (Å²) in [6, 6.07) is 10.1. The summed E-state index contributed by atoms with van der Waals surface area (Å²) in [5.41, 5.74) is 1.82. The van der Waals surface area contributed by atoms with Gasteiger partial charge in [-0.3, -0.25) is 0 Å².